The van der Waals surface area contributed by atoms with Crippen molar-refractivity contribution in [2.45, 2.75) is 10.6 Å². The number of hydrogen-bond acceptors (Lipinski definition) is 2. The first kappa shape index (κ1) is 14.6. The van der Waals surface area contributed by atoms with Gasteiger partial charge >= 0.3 is 5.97 Å². The van der Waals surface area contributed by atoms with Crippen molar-refractivity contribution in [3.05, 3.63) is 62.5 Å². The zero-order chi connectivity index (χ0) is 13.8. The molecule has 19 heavy (non-hydrogen) atoms. The van der Waals surface area contributed by atoms with E-state index in [2.05, 4.69) is 37.9 Å². The number of carboxylic acid groups (broad SMARTS) is 1. The normalized spacial score (nSPS) is 10.4. The molecule has 98 valence electrons. The highest BCUT2D eigenvalue weighted by Crippen LogP contribution is 2.28. The molecular formula is C14H10Br2O2S. The SMILES string of the molecule is O=C(O)c1cc(Br)cc(SCc2cccc(Br)c2)c1. The van der Waals surface area contributed by atoms with Gasteiger partial charge in [0.2, 0.25) is 0 Å². The Balaban J connectivity index is 2.13. The van der Waals surface area contributed by atoms with Crippen molar-refractivity contribution in [2.75, 3.05) is 0 Å². The summed E-state index contributed by atoms with van der Waals surface area (Å²) in [4.78, 5) is 11.9. The summed E-state index contributed by atoms with van der Waals surface area (Å²) in [5.74, 6) is -0.111. The standard InChI is InChI=1S/C14H10Br2O2S/c15-11-3-1-2-9(4-11)8-19-13-6-10(14(17)18)5-12(16)7-13/h1-7H,8H2,(H,17,18). The van der Waals surface area contributed by atoms with Gasteiger partial charge in [-0.25, -0.2) is 4.79 Å². The van der Waals surface area contributed by atoms with Crippen LogP contribution in [0, 0.1) is 0 Å². The molecule has 0 aliphatic carbocycles. The van der Waals surface area contributed by atoms with Crippen molar-refractivity contribution < 1.29 is 9.90 Å². The second kappa shape index (κ2) is 6.59. The van der Waals surface area contributed by atoms with Gasteiger partial charge in [-0.3, -0.25) is 0 Å². The molecule has 0 fully saturated rings. The summed E-state index contributed by atoms with van der Waals surface area (Å²) < 4.78 is 1.83. The molecule has 0 saturated heterocycles. The highest BCUT2D eigenvalue weighted by Gasteiger charge is 2.06. The molecule has 0 aliphatic rings. The molecule has 0 atom stereocenters. The van der Waals surface area contributed by atoms with E-state index in [1.165, 1.54) is 5.56 Å². The third-order valence-electron chi connectivity index (χ3n) is 2.41. The Morgan fingerprint density at radius 2 is 1.89 bits per heavy atom. The molecule has 0 aliphatic heterocycles. The molecule has 0 bridgehead atoms. The van der Waals surface area contributed by atoms with E-state index in [9.17, 15) is 4.79 Å². The van der Waals surface area contributed by atoms with Crippen LogP contribution < -0.4 is 0 Å². The number of hydrogen-bond donors (Lipinski definition) is 1. The minimum absolute atomic E-state index is 0.297. The lowest BCUT2D eigenvalue weighted by molar-refractivity contribution is 0.0696. The zero-order valence-corrected chi connectivity index (χ0v) is 13.8. The predicted molar refractivity (Wildman–Crippen MR) is 84.8 cm³/mol. The van der Waals surface area contributed by atoms with Crippen LogP contribution in [-0.2, 0) is 5.75 Å². The first-order valence-electron chi connectivity index (χ1n) is 5.46. The number of benzene rings is 2. The summed E-state index contributed by atoms with van der Waals surface area (Å²) in [6.07, 6.45) is 0. The molecule has 2 nitrogen and oxygen atoms in total. The first-order chi connectivity index (χ1) is 9.04. The predicted octanol–water partition coefficient (Wildman–Crippen LogP) is 5.20. The zero-order valence-electron chi connectivity index (χ0n) is 9.77. The molecule has 0 spiro atoms. The van der Waals surface area contributed by atoms with Gasteiger partial charge in [-0.2, -0.15) is 0 Å². The minimum atomic E-state index is -0.911. The Kier molecular flexibility index (Phi) is 5.07. The Morgan fingerprint density at radius 3 is 2.58 bits per heavy atom. The summed E-state index contributed by atoms with van der Waals surface area (Å²) >= 11 is 8.38. The molecule has 0 unspecified atom stereocenters. The van der Waals surface area contributed by atoms with E-state index in [-0.39, 0.29) is 0 Å². The molecule has 0 radical (unpaired) electrons. The largest absolute Gasteiger partial charge is 0.478 e. The number of aromatic carboxylic acids is 1. The summed E-state index contributed by atoms with van der Waals surface area (Å²) in [5.41, 5.74) is 1.49. The van der Waals surface area contributed by atoms with Crippen molar-refractivity contribution in [1.82, 2.24) is 0 Å². The van der Waals surface area contributed by atoms with Crippen LogP contribution in [0.5, 0.6) is 0 Å². The van der Waals surface area contributed by atoms with Crippen LogP contribution in [0.4, 0.5) is 0 Å². The highest BCUT2D eigenvalue weighted by molar-refractivity contribution is 9.10. The molecule has 1 N–H and O–H groups in total. The number of rotatable bonds is 4. The van der Waals surface area contributed by atoms with Gasteiger partial charge in [0.25, 0.3) is 0 Å². The lowest BCUT2D eigenvalue weighted by Gasteiger charge is -2.05. The van der Waals surface area contributed by atoms with Gasteiger partial charge in [-0.1, -0.05) is 44.0 Å². The topological polar surface area (TPSA) is 37.3 Å². The van der Waals surface area contributed by atoms with Crippen LogP contribution in [0.25, 0.3) is 0 Å². The van der Waals surface area contributed by atoms with Crippen LogP contribution in [-0.4, -0.2) is 11.1 Å². The average molecular weight is 402 g/mol. The Morgan fingerprint density at radius 1 is 1.11 bits per heavy atom. The maximum absolute atomic E-state index is 11.0. The fraction of sp³-hybridized carbons (Fsp3) is 0.0714. The van der Waals surface area contributed by atoms with E-state index in [0.29, 0.717) is 5.56 Å². The average Bonchev–Trinajstić information content (AvgIpc) is 2.36. The Hall–Kier alpha value is -0.780. The van der Waals surface area contributed by atoms with Crippen molar-refractivity contribution in [2.24, 2.45) is 0 Å². The Labute approximate surface area is 132 Å². The molecule has 2 aromatic rings. The molecule has 5 heteroatoms. The quantitative estimate of drug-likeness (QED) is 0.715. The van der Waals surface area contributed by atoms with Gasteiger partial charge in [0, 0.05) is 19.6 Å². The van der Waals surface area contributed by atoms with Gasteiger partial charge in [0.15, 0.2) is 0 Å². The summed E-state index contributed by atoms with van der Waals surface area (Å²) in [6, 6.07) is 13.3. The lowest BCUT2D eigenvalue weighted by atomic mass is 10.2. The van der Waals surface area contributed by atoms with E-state index in [4.69, 9.17) is 5.11 Å². The van der Waals surface area contributed by atoms with Crippen molar-refractivity contribution in [3.63, 3.8) is 0 Å². The van der Waals surface area contributed by atoms with Gasteiger partial charge in [-0.15, -0.1) is 11.8 Å². The highest BCUT2D eigenvalue weighted by atomic mass is 79.9. The van der Waals surface area contributed by atoms with Crippen molar-refractivity contribution in [1.29, 1.82) is 0 Å². The van der Waals surface area contributed by atoms with Crippen LogP contribution in [0.3, 0.4) is 0 Å². The lowest BCUT2D eigenvalue weighted by Crippen LogP contribution is -1.96. The van der Waals surface area contributed by atoms with Gasteiger partial charge < -0.3 is 5.11 Å². The third-order valence-corrected chi connectivity index (χ3v) is 4.41. The fourth-order valence-electron chi connectivity index (χ4n) is 1.56. The Bertz CT molecular complexity index is 614. The van der Waals surface area contributed by atoms with E-state index < -0.39 is 5.97 Å². The summed E-state index contributed by atoms with van der Waals surface area (Å²) in [5, 5.41) is 9.02. The number of carboxylic acids is 1. The number of halogens is 2. The molecule has 0 aromatic heterocycles. The van der Waals surface area contributed by atoms with E-state index in [1.54, 1.807) is 23.9 Å². The monoisotopic (exact) mass is 400 g/mol. The van der Waals surface area contributed by atoms with E-state index in [1.807, 2.05) is 24.3 Å². The molecule has 0 heterocycles. The number of carbonyl (C=O) groups is 1. The van der Waals surface area contributed by atoms with Crippen molar-refractivity contribution >= 4 is 49.6 Å². The van der Waals surface area contributed by atoms with E-state index in [0.717, 1.165) is 19.6 Å². The molecule has 2 rings (SSSR count). The van der Waals surface area contributed by atoms with Crippen LogP contribution >= 0.6 is 43.6 Å². The maximum Gasteiger partial charge on any atom is 0.335 e. The summed E-state index contributed by atoms with van der Waals surface area (Å²) in [7, 11) is 0. The van der Waals surface area contributed by atoms with Crippen LogP contribution in [0.2, 0.25) is 0 Å². The summed E-state index contributed by atoms with van der Waals surface area (Å²) in [6.45, 7) is 0. The smallest absolute Gasteiger partial charge is 0.335 e. The van der Waals surface area contributed by atoms with Crippen LogP contribution in [0.15, 0.2) is 56.3 Å². The maximum atomic E-state index is 11.0. The van der Waals surface area contributed by atoms with E-state index >= 15 is 0 Å². The molecule has 0 saturated carbocycles. The number of thioether (sulfide) groups is 1. The molecular weight excluding hydrogens is 392 g/mol. The van der Waals surface area contributed by atoms with Crippen molar-refractivity contribution in [3.8, 4) is 0 Å². The van der Waals surface area contributed by atoms with Gasteiger partial charge in [0.05, 0.1) is 5.56 Å². The molecule has 0 amide bonds. The van der Waals surface area contributed by atoms with Gasteiger partial charge in [-0.05, 0) is 35.9 Å². The van der Waals surface area contributed by atoms with Gasteiger partial charge in [0.1, 0.15) is 0 Å². The second-order valence-corrected chi connectivity index (χ2v) is 6.78. The fourth-order valence-corrected chi connectivity index (χ4v) is 3.59. The first-order valence-corrected chi connectivity index (χ1v) is 8.03. The molecule has 2 aromatic carbocycles. The third kappa shape index (κ3) is 4.37. The second-order valence-electron chi connectivity index (χ2n) is 3.90. The van der Waals surface area contributed by atoms with Crippen LogP contribution in [0.1, 0.15) is 15.9 Å². The minimum Gasteiger partial charge on any atom is -0.478 e.